The molecule has 0 aliphatic rings. The molecule has 0 saturated carbocycles. The Morgan fingerprint density at radius 1 is 1.12 bits per heavy atom. The van der Waals surface area contributed by atoms with Crippen LogP contribution in [0, 0.1) is 13.8 Å². The molecule has 0 bridgehead atoms. The van der Waals surface area contributed by atoms with E-state index in [1.54, 1.807) is 19.1 Å². The van der Waals surface area contributed by atoms with Gasteiger partial charge < -0.3 is 4.42 Å². The molecule has 136 valence electrons. The van der Waals surface area contributed by atoms with E-state index >= 15 is 0 Å². The zero-order valence-electron chi connectivity index (χ0n) is 14.6. The van der Waals surface area contributed by atoms with Crippen molar-refractivity contribution in [2.45, 2.75) is 25.7 Å². The first kappa shape index (κ1) is 18.8. The van der Waals surface area contributed by atoms with Gasteiger partial charge in [0.05, 0.1) is 11.5 Å². The SMILES string of the molecule is CCOS(=O)(=O)c1ccc(C)c(-c2nc(-c3ccc(Br)cc3)oc2C)c1. The van der Waals surface area contributed by atoms with Crippen LogP contribution in [0.4, 0.5) is 0 Å². The van der Waals surface area contributed by atoms with Crippen LogP contribution < -0.4 is 0 Å². The molecule has 0 radical (unpaired) electrons. The summed E-state index contributed by atoms with van der Waals surface area (Å²) in [5, 5.41) is 0. The van der Waals surface area contributed by atoms with Gasteiger partial charge in [-0.1, -0.05) is 22.0 Å². The van der Waals surface area contributed by atoms with E-state index in [0.717, 1.165) is 15.6 Å². The zero-order valence-corrected chi connectivity index (χ0v) is 17.0. The molecule has 0 N–H and O–H groups in total. The van der Waals surface area contributed by atoms with E-state index < -0.39 is 10.1 Å². The smallest absolute Gasteiger partial charge is 0.296 e. The Morgan fingerprint density at radius 2 is 1.81 bits per heavy atom. The summed E-state index contributed by atoms with van der Waals surface area (Å²) in [5.74, 6) is 1.11. The minimum absolute atomic E-state index is 0.0856. The normalized spacial score (nSPS) is 11.7. The Hall–Kier alpha value is -1.96. The summed E-state index contributed by atoms with van der Waals surface area (Å²) >= 11 is 3.40. The quantitative estimate of drug-likeness (QED) is 0.520. The van der Waals surface area contributed by atoms with Gasteiger partial charge in [0.25, 0.3) is 10.1 Å². The highest BCUT2D eigenvalue weighted by Crippen LogP contribution is 2.32. The maximum absolute atomic E-state index is 12.2. The minimum Gasteiger partial charge on any atom is -0.441 e. The van der Waals surface area contributed by atoms with E-state index in [4.69, 9.17) is 8.60 Å². The number of halogens is 1. The van der Waals surface area contributed by atoms with Crippen molar-refractivity contribution in [1.82, 2.24) is 4.98 Å². The van der Waals surface area contributed by atoms with Crippen molar-refractivity contribution in [3.8, 4) is 22.7 Å². The second-order valence-electron chi connectivity index (χ2n) is 5.77. The average molecular weight is 436 g/mol. The van der Waals surface area contributed by atoms with Gasteiger partial charge in [-0.05, 0) is 62.7 Å². The maximum atomic E-state index is 12.2. The second-order valence-corrected chi connectivity index (χ2v) is 8.30. The van der Waals surface area contributed by atoms with Crippen LogP contribution in [0.3, 0.4) is 0 Å². The molecule has 0 unspecified atom stereocenters. The Balaban J connectivity index is 2.08. The lowest BCUT2D eigenvalue weighted by Crippen LogP contribution is -2.06. The molecule has 0 atom stereocenters. The van der Waals surface area contributed by atoms with Gasteiger partial charge in [-0.2, -0.15) is 8.42 Å². The molecule has 3 aromatic rings. The van der Waals surface area contributed by atoms with Crippen LogP contribution in [-0.2, 0) is 14.3 Å². The van der Waals surface area contributed by atoms with Gasteiger partial charge in [-0.15, -0.1) is 0 Å². The predicted octanol–water partition coefficient (Wildman–Crippen LogP) is 5.11. The fourth-order valence-corrected chi connectivity index (χ4v) is 3.80. The number of aromatic nitrogens is 1. The molecule has 1 aromatic heterocycles. The fraction of sp³-hybridized carbons (Fsp3) is 0.211. The van der Waals surface area contributed by atoms with E-state index in [0.29, 0.717) is 22.9 Å². The van der Waals surface area contributed by atoms with Crippen molar-refractivity contribution >= 4 is 26.0 Å². The van der Waals surface area contributed by atoms with Crippen molar-refractivity contribution in [3.63, 3.8) is 0 Å². The van der Waals surface area contributed by atoms with Crippen LogP contribution in [0.2, 0.25) is 0 Å². The highest BCUT2D eigenvalue weighted by atomic mass is 79.9. The van der Waals surface area contributed by atoms with Gasteiger partial charge in [0, 0.05) is 15.6 Å². The number of rotatable bonds is 5. The molecule has 7 heteroatoms. The molecule has 5 nitrogen and oxygen atoms in total. The van der Waals surface area contributed by atoms with E-state index in [1.807, 2.05) is 38.1 Å². The largest absolute Gasteiger partial charge is 0.441 e. The topological polar surface area (TPSA) is 69.4 Å². The third-order valence-electron chi connectivity index (χ3n) is 3.91. The first-order valence-corrected chi connectivity index (χ1v) is 10.3. The number of aryl methyl sites for hydroxylation is 2. The maximum Gasteiger partial charge on any atom is 0.296 e. The predicted molar refractivity (Wildman–Crippen MR) is 103 cm³/mol. The lowest BCUT2D eigenvalue weighted by Gasteiger charge is -2.08. The van der Waals surface area contributed by atoms with Crippen molar-refractivity contribution < 1.29 is 17.0 Å². The molecule has 26 heavy (non-hydrogen) atoms. The van der Waals surface area contributed by atoms with Gasteiger partial charge in [-0.3, -0.25) is 4.18 Å². The number of hydrogen-bond acceptors (Lipinski definition) is 5. The van der Waals surface area contributed by atoms with Crippen LogP contribution in [0.5, 0.6) is 0 Å². The molecule has 0 aliphatic carbocycles. The molecule has 0 aliphatic heterocycles. The minimum atomic E-state index is -3.78. The summed E-state index contributed by atoms with van der Waals surface area (Å²) in [6.07, 6.45) is 0. The summed E-state index contributed by atoms with van der Waals surface area (Å²) in [5.41, 5.74) is 3.07. The monoisotopic (exact) mass is 435 g/mol. The van der Waals surface area contributed by atoms with E-state index in [9.17, 15) is 8.42 Å². The average Bonchev–Trinajstić information content (AvgIpc) is 2.97. The van der Waals surface area contributed by atoms with Crippen LogP contribution in [0.25, 0.3) is 22.7 Å². The number of hydrogen-bond donors (Lipinski definition) is 0. The third-order valence-corrected chi connectivity index (χ3v) is 5.82. The summed E-state index contributed by atoms with van der Waals surface area (Å²) < 4.78 is 36.1. The van der Waals surface area contributed by atoms with E-state index in [2.05, 4.69) is 20.9 Å². The van der Waals surface area contributed by atoms with Gasteiger partial charge in [0.15, 0.2) is 0 Å². The van der Waals surface area contributed by atoms with Crippen molar-refractivity contribution in [3.05, 3.63) is 58.3 Å². The molecule has 0 fully saturated rings. The van der Waals surface area contributed by atoms with Crippen molar-refractivity contribution in [2.75, 3.05) is 6.61 Å². The lowest BCUT2D eigenvalue weighted by atomic mass is 10.1. The Kier molecular flexibility index (Phi) is 5.32. The van der Waals surface area contributed by atoms with Crippen LogP contribution in [-0.4, -0.2) is 20.0 Å². The molecule has 1 heterocycles. The molecule has 0 saturated heterocycles. The lowest BCUT2D eigenvalue weighted by molar-refractivity contribution is 0.338. The van der Waals surface area contributed by atoms with Crippen molar-refractivity contribution in [2.24, 2.45) is 0 Å². The first-order chi connectivity index (χ1) is 12.3. The standard InChI is InChI=1S/C19H18BrNO4S/c1-4-24-26(22,23)16-10-5-12(2)17(11-16)18-13(3)25-19(21-18)14-6-8-15(20)9-7-14/h5-11H,4H2,1-3H3. The number of oxazole rings is 1. The molecule has 0 spiro atoms. The van der Waals surface area contributed by atoms with Crippen LogP contribution >= 0.6 is 15.9 Å². The molecule has 2 aromatic carbocycles. The van der Waals surface area contributed by atoms with E-state index in [1.165, 1.54) is 6.07 Å². The second kappa shape index (κ2) is 7.34. The molecule has 0 amide bonds. The highest BCUT2D eigenvalue weighted by molar-refractivity contribution is 9.10. The van der Waals surface area contributed by atoms with Crippen LogP contribution in [0.1, 0.15) is 18.2 Å². The Bertz CT molecular complexity index is 1040. The van der Waals surface area contributed by atoms with Gasteiger partial charge in [0.1, 0.15) is 11.5 Å². The van der Waals surface area contributed by atoms with Crippen LogP contribution in [0.15, 0.2) is 56.2 Å². The Morgan fingerprint density at radius 3 is 2.46 bits per heavy atom. The number of nitrogens with zero attached hydrogens (tertiary/aromatic N) is 1. The van der Waals surface area contributed by atoms with Gasteiger partial charge in [0.2, 0.25) is 5.89 Å². The molecular weight excluding hydrogens is 418 g/mol. The molecule has 3 rings (SSSR count). The Labute approximate surface area is 161 Å². The first-order valence-electron chi connectivity index (χ1n) is 8.05. The number of benzene rings is 2. The summed E-state index contributed by atoms with van der Waals surface area (Å²) in [6.45, 7) is 5.44. The summed E-state index contributed by atoms with van der Waals surface area (Å²) in [6, 6.07) is 12.5. The molecular formula is C19H18BrNO4S. The van der Waals surface area contributed by atoms with Gasteiger partial charge in [-0.25, -0.2) is 4.98 Å². The highest BCUT2D eigenvalue weighted by Gasteiger charge is 2.20. The van der Waals surface area contributed by atoms with Crippen molar-refractivity contribution in [1.29, 1.82) is 0 Å². The van der Waals surface area contributed by atoms with Gasteiger partial charge >= 0.3 is 0 Å². The van der Waals surface area contributed by atoms with E-state index in [-0.39, 0.29) is 11.5 Å². The zero-order chi connectivity index (χ0) is 18.9. The summed E-state index contributed by atoms with van der Waals surface area (Å²) in [4.78, 5) is 4.70. The summed E-state index contributed by atoms with van der Waals surface area (Å²) in [7, 11) is -3.78. The third kappa shape index (κ3) is 3.75. The fourth-order valence-electron chi connectivity index (χ4n) is 2.60.